The number of hydrogen-bond donors (Lipinski definition) is 1. The van der Waals surface area contributed by atoms with Crippen LogP contribution in [0.15, 0.2) is 110 Å². The lowest BCUT2D eigenvalue weighted by Crippen LogP contribution is -2.11. The molecule has 0 spiro atoms. The summed E-state index contributed by atoms with van der Waals surface area (Å²) in [4.78, 5) is 0. The van der Waals surface area contributed by atoms with Gasteiger partial charge < -0.3 is 10.5 Å². The van der Waals surface area contributed by atoms with E-state index < -0.39 is 23.5 Å². The molecule has 0 bridgehead atoms. The third-order valence-electron chi connectivity index (χ3n) is 6.47. The van der Waals surface area contributed by atoms with Crippen LogP contribution in [0, 0.1) is 0 Å². The van der Waals surface area contributed by atoms with E-state index in [1.54, 1.807) is 48.5 Å². The van der Waals surface area contributed by atoms with Crippen LogP contribution >= 0.6 is 0 Å². The predicted molar refractivity (Wildman–Crippen MR) is 145 cm³/mol. The maximum Gasteiger partial charge on any atom is 0.416 e. The molecule has 2 nitrogen and oxygen atoms in total. The number of rotatable bonds is 5. The van der Waals surface area contributed by atoms with Gasteiger partial charge >= 0.3 is 12.4 Å². The zero-order valence-electron chi connectivity index (χ0n) is 20.8. The number of halogens is 6. The van der Waals surface area contributed by atoms with E-state index >= 15 is 0 Å². The molecule has 2 N–H and O–H groups in total. The monoisotopic (exact) mass is 549 g/mol. The van der Waals surface area contributed by atoms with E-state index in [2.05, 4.69) is 6.58 Å². The van der Waals surface area contributed by atoms with Crippen molar-refractivity contribution in [2.75, 3.05) is 5.73 Å². The Hall–Kier alpha value is -4.72. The molecule has 0 amide bonds. The van der Waals surface area contributed by atoms with Gasteiger partial charge in [-0.3, -0.25) is 0 Å². The summed E-state index contributed by atoms with van der Waals surface area (Å²) in [7, 11) is 0. The molecule has 0 aliphatic heterocycles. The third-order valence-corrected chi connectivity index (χ3v) is 6.47. The minimum atomic E-state index is -4.94. The summed E-state index contributed by atoms with van der Waals surface area (Å²) in [5.41, 5.74) is 5.79. The smallest absolute Gasteiger partial charge is 0.416 e. The first-order valence-electron chi connectivity index (χ1n) is 12.1. The van der Waals surface area contributed by atoms with Crippen LogP contribution in [0.4, 0.5) is 32.0 Å². The van der Waals surface area contributed by atoms with Crippen molar-refractivity contribution in [3.8, 4) is 28.0 Å². The minimum absolute atomic E-state index is 0.123. The van der Waals surface area contributed by atoms with Crippen LogP contribution < -0.4 is 10.5 Å². The van der Waals surface area contributed by atoms with Gasteiger partial charge in [0.25, 0.3) is 0 Å². The molecule has 0 aliphatic carbocycles. The Labute approximate surface area is 226 Å². The molecule has 0 radical (unpaired) electrons. The Morgan fingerprint density at radius 3 is 1.85 bits per heavy atom. The van der Waals surface area contributed by atoms with Crippen LogP contribution in [-0.2, 0) is 12.4 Å². The molecule has 40 heavy (non-hydrogen) atoms. The highest BCUT2D eigenvalue weighted by molar-refractivity contribution is 6.02. The summed E-state index contributed by atoms with van der Waals surface area (Å²) in [6.07, 6.45) is -9.87. The van der Waals surface area contributed by atoms with Gasteiger partial charge in [-0.05, 0) is 75.5 Å². The fraction of sp³-hybridized carbons (Fsp3) is 0.0625. The molecule has 0 aromatic heterocycles. The number of ether oxygens (including phenoxy) is 1. The first-order valence-corrected chi connectivity index (χ1v) is 12.1. The molecule has 0 heterocycles. The largest absolute Gasteiger partial charge is 0.455 e. The van der Waals surface area contributed by atoms with Crippen molar-refractivity contribution in [2.45, 2.75) is 12.4 Å². The first-order chi connectivity index (χ1) is 18.9. The van der Waals surface area contributed by atoms with E-state index in [-0.39, 0.29) is 17.2 Å². The van der Waals surface area contributed by atoms with Crippen molar-refractivity contribution in [3.63, 3.8) is 0 Å². The topological polar surface area (TPSA) is 35.2 Å². The van der Waals surface area contributed by atoms with Gasteiger partial charge in [0.2, 0.25) is 0 Å². The van der Waals surface area contributed by atoms with E-state index in [0.29, 0.717) is 28.3 Å². The SMILES string of the molecule is C=C(Oc1ccccc1N)c1ccc(-c2cccc(-c3cc(C(F)(F)F)cc(C(F)(F)F)c3)c2)c2ccccc12. The molecule has 5 rings (SSSR count). The number of para-hydroxylation sites is 2. The van der Waals surface area contributed by atoms with Gasteiger partial charge in [-0.1, -0.05) is 67.2 Å². The van der Waals surface area contributed by atoms with Gasteiger partial charge in [0.05, 0.1) is 16.8 Å². The van der Waals surface area contributed by atoms with Crippen LogP contribution in [0.3, 0.4) is 0 Å². The van der Waals surface area contributed by atoms with Crippen molar-refractivity contribution in [2.24, 2.45) is 0 Å². The number of alkyl halides is 6. The second-order valence-corrected chi connectivity index (χ2v) is 9.14. The summed E-state index contributed by atoms with van der Waals surface area (Å²) in [5.74, 6) is 0.811. The van der Waals surface area contributed by atoms with Crippen LogP contribution in [0.2, 0.25) is 0 Å². The molecular weight excluding hydrogens is 528 g/mol. The highest BCUT2D eigenvalue weighted by atomic mass is 19.4. The Kier molecular flexibility index (Phi) is 6.79. The molecule has 0 fully saturated rings. The molecule has 8 heteroatoms. The summed E-state index contributed by atoms with van der Waals surface area (Å²) < 4.78 is 86.6. The molecule has 5 aromatic carbocycles. The number of fused-ring (bicyclic) bond motifs is 1. The molecule has 0 unspecified atom stereocenters. The maximum atomic E-state index is 13.4. The van der Waals surface area contributed by atoms with Crippen LogP contribution in [0.1, 0.15) is 16.7 Å². The molecular formula is C32H21F6NO. The Morgan fingerprint density at radius 2 is 1.20 bits per heavy atom. The Balaban J connectivity index is 1.59. The second-order valence-electron chi connectivity index (χ2n) is 9.14. The number of hydrogen-bond acceptors (Lipinski definition) is 2. The van der Waals surface area contributed by atoms with Crippen molar-refractivity contribution in [1.82, 2.24) is 0 Å². The summed E-state index contributed by atoms with van der Waals surface area (Å²) in [6.45, 7) is 4.06. The van der Waals surface area contributed by atoms with E-state index in [1.807, 2.05) is 30.3 Å². The molecule has 0 saturated carbocycles. The molecule has 5 aromatic rings. The summed E-state index contributed by atoms with van der Waals surface area (Å²) in [6, 6.07) is 26.0. The average Bonchev–Trinajstić information content (AvgIpc) is 2.92. The number of benzene rings is 5. The minimum Gasteiger partial charge on any atom is -0.455 e. The highest BCUT2D eigenvalue weighted by Gasteiger charge is 2.37. The summed E-state index contributed by atoms with van der Waals surface area (Å²) >= 11 is 0. The van der Waals surface area contributed by atoms with Crippen LogP contribution in [-0.4, -0.2) is 0 Å². The Bertz CT molecular complexity index is 1700. The van der Waals surface area contributed by atoms with Crippen molar-refractivity contribution >= 4 is 22.2 Å². The lowest BCUT2D eigenvalue weighted by Gasteiger charge is -2.16. The lowest BCUT2D eigenvalue weighted by molar-refractivity contribution is -0.143. The zero-order valence-corrected chi connectivity index (χ0v) is 20.8. The van der Waals surface area contributed by atoms with Gasteiger partial charge in [0.1, 0.15) is 11.5 Å². The van der Waals surface area contributed by atoms with Gasteiger partial charge in [0, 0.05) is 5.56 Å². The van der Waals surface area contributed by atoms with Gasteiger partial charge in [-0.2, -0.15) is 26.3 Å². The Morgan fingerprint density at radius 1 is 0.600 bits per heavy atom. The molecule has 202 valence electrons. The normalized spacial score (nSPS) is 11.9. The van der Waals surface area contributed by atoms with Gasteiger partial charge in [0.15, 0.2) is 0 Å². The first kappa shape index (κ1) is 26.9. The van der Waals surface area contributed by atoms with E-state index in [4.69, 9.17) is 10.5 Å². The third kappa shape index (κ3) is 5.38. The quantitative estimate of drug-likeness (QED) is 0.135. The predicted octanol–water partition coefficient (Wildman–Crippen LogP) is 9.84. The van der Waals surface area contributed by atoms with Crippen molar-refractivity contribution < 1.29 is 31.1 Å². The standard InChI is InChI=1S/C32H21F6NO/c1-19(40-30-12-5-4-11-29(30)39)25-13-14-26(28-10-3-2-9-27(25)28)21-8-6-7-20(15-21)22-16-23(31(33,34)35)18-24(17-22)32(36,37)38/h2-18H,1,39H2. The van der Waals surface area contributed by atoms with Crippen molar-refractivity contribution in [3.05, 3.63) is 126 Å². The fourth-order valence-corrected chi connectivity index (χ4v) is 4.54. The van der Waals surface area contributed by atoms with Gasteiger partial charge in [-0.15, -0.1) is 0 Å². The summed E-state index contributed by atoms with van der Waals surface area (Å²) in [5, 5.41) is 1.59. The number of nitrogen functional groups attached to an aromatic ring is 1. The van der Waals surface area contributed by atoms with Crippen LogP contribution in [0.5, 0.6) is 5.75 Å². The molecule has 0 aliphatic rings. The maximum absolute atomic E-state index is 13.4. The molecule has 0 atom stereocenters. The molecule has 0 saturated heterocycles. The van der Waals surface area contributed by atoms with Crippen LogP contribution in [0.25, 0.3) is 38.8 Å². The fourth-order valence-electron chi connectivity index (χ4n) is 4.54. The number of nitrogens with two attached hydrogens (primary N) is 1. The van der Waals surface area contributed by atoms with Gasteiger partial charge in [-0.25, -0.2) is 0 Å². The van der Waals surface area contributed by atoms with E-state index in [9.17, 15) is 26.3 Å². The number of anilines is 1. The highest BCUT2D eigenvalue weighted by Crippen LogP contribution is 2.40. The van der Waals surface area contributed by atoms with E-state index in [1.165, 1.54) is 6.07 Å². The second kappa shape index (κ2) is 10.1. The lowest BCUT2D eigenvalue weighted by atomic mass is 9.92. The van der Waals surface area contributed by atoms with Crippen molar-refractivity contribution in [1.29, 1.82) is 0 Å². The average molecular weight is 550 g/mol. The zero-order chi connectivity index (χ0) is 28.7. The van der Waals surface area contributed by atoms with E-state index in [0.717, 1.165) is 28.5 Å².